The Balaban J connectivity index is 2.19. The standard InChI is InChI=1S/C21H23BrClN3O3/c1-3-25(4-2)9-10-26-17-12-13(19(24)27)11-15(22)18(17)21(29,20(26)28)14-7-5-6-8-16(14)23/h5-8,11-12,29H,3-4,9-10H2,1-2H3,(H2,24,27). The van der Waals surface area contributed by atoms with E-state index in [2.05, 4.69) is 20.8 Å². The van der Waals surface area contributed by atoms with Crippen LogP contribution >= 0.6 is 27.5 Å². The van der Waals surface area contributed by atoms with Crippen molar-refractivity contribution < 1.29 is 14.7 Å². The van der Waals surface area contributed by atoms with Crippen LogP contribution in [0.25, 0.3) is 0 Å². The third-order valence-corrected chi connectivity index (χ3v) is 6.31. The van der Waals surface area contributed by atoms with E-state index < -0.39 is 17.4 Å². The second-order valence-corrected chi connectivity index (χ2v) is 8.15. The molecule has 0 fully saturated rings. The molecule has 1 aliphatic rings. The van der Waals surface area contributed by atoms with Gasteiger partial charge in [-0.1, -0.05) is 59.6 Å². The fourth-order valence-electron chi connectivity index (χ4n) is 3.72. The SMILES string of the molecule is CCN(CC)CCN1C(=O)C(O)(c2ccccc2Cl)c2c(Br)cc(C(N)=O)cc21. The zero-order valence-corrected chi connectivity index (χ0v) is 18.6. The minimum Gasteiger partial charge on any atom is -0.372 e. The largest absolute Gasteiger partial charge is 0.372 e. The molecule has 3 N–H and O–H groups in total. The number of amides is 2. The van der Waals surface area contributed by atoms with E-state index in [1.165, 1.54) is 11.0 Å². The zero-order valence-electron chi connectivity index (χ0n) is 16.3. The number of nitrogens with two attached hydrogens (primary N) is 1. The van der Waals surface area contributed by atoms with Crippen molar-refractivity contribution in [3.63, 3.8) is 0 Å². The monoisotopic (exact) mass is 479 g/mol. The number of carbonyl (C=O) groups excluding carboxylic acids is 2. The van der Waals surface area contributed by atoms with Gasteiger partial charge in [0, 0.05) is 39.3 Å². The fraction of sp³-hybridized carbons (Fsp3) is 0.333. The van der Waals surface area contributed by atoms with Gasteiger partial charge in [-0.2, -0.15) is 0 Å². The highest BCUT2D eigenvalue weighted by molar-refractivity contribution is 9.10. The van der Waals surface area contributed by atoms with Gasteiger partial charge < -0.3 is 20.6 Å². The summed E-state index contributed by atoms with van der Waals surface area (Å²) in [5.41, 5.74) is 4.86. The molecule has 0 spiro atoms. The summed E-state index contributed by atoms with van der Waals surface area (Å²) in [5.74, 6) is -1.12. The second kappa shape index (κ2) is 8.44. The van der Waals surface area contributed by atoms with Crippen LogP contribution < -0.4 is 10.6 Å². The minimum absolute atomic E-state index is 0.250. The first-order chi connectivity index (χ1) is 13.7. The lowest BCUT2D eigenvalue weighted by Gasteiger charge is -2.26. The number of likely N-dealkylation sites (N-methyl/N-ethyl adjacent to an activating group) is 1. The molecule has 2 amide bonds. The number of carbonyl (C=O) groups is 2. The lowest BCUT2D eigenvalue weighted by Crippen LogP contribution is -2.44. The number of anilines is 1. The second-order valence-electron chi connectivity index (χ2n) is 6.89. The molecule has 1 heterocycles. The van der Waals surface area contributed by atoms with E-state index in [4.69, 9.17) is 17.3 Å². The summed E-state index contributed by atoms with van der Waals surface area (Å²) in [6.07, 6.45) is 0. The summed E-state index contributed by atoms with van der Waals surface area (Å²) >= 11 is 9.78. The molecule has 0 saturated carbocycles. The maximum absolute atomic E-state index is 13.5. The Morgan fingerprint density at radius 3 is 2.52 bits per heavy atom. The number of hydrogen-bond acceptors (Lipinski definition) is 4. The maximum Gasteiger partial charge on any atom is 0.268 e. The van der Waals surface area contributed by atoms with E-state index in [1.54, 1.807) is 30.3 Å². The number of nitrogens with zero attached hydrogens (tertiary/aromatic N) is 2. The van der Waals surface area contributed by atoms with Crippen LogP contribution in [0.2, 0.25) is 5.02 Å². The lowest BCUT2D eigenvalue weighted by molar-refractivity contribution is -0.132. The van der Waals surface area contributed by atoms with Crippen LogP contribution in [0, 0.1) is 0 Å². The lowest BCUT2D eigenvalue weighted by atomic mass is 9.87. The molecule has 3 rings (SSSR count). The van der Waals surface area contributed by atoms with Crippen LogP contribution in [-0.2, 0) is 10.4 Å². The fourth-order valence-corrected chi connectivity index (χ4v) is 4.73. The summed E-state index contributed by atoms with van der Waals surface area (Å²) in [6, 6.07) is 9.79. The number of benzene rings is 2. The van der Waals surface area contributed by atoms with Gasteiger partial charge in [-0.3, -0.25) is 9.59 Å². The van der Waals surface area contributed by atoms with Crippen LogP contribution in [0.4, 0.5) is 5.69 Å². The molecule has 2 aromatic rings. The molecule has 154 valence electrons. The van der Waals surface area contributed by atoms with E-state index in [1.807, 2.05) is 13.8 Å². The number of aliphatic hydroxyl groups is 1. The quantitative estimate of drug-likeness (QED) is 0.637. The molecule has 1 aliphatic heterocycles. The molecule has 2 aromatic carbocycles. The van der Waals surface area contributed by atoms with Crippen molar-refractivity contribution in [3.05, 3.63) is 62.6 Å². The molecule has 29 heavy (non-hydrogen) atoms. The van der Waals surface area contributed by atoms with Gasteiger partial charge in [0.05, 0.1) is 5.69 Å². The van der Waals surface area contributed by atoms with Crippen molar-refractivity contribution in [1.82, 2.24) is 4.90 Å². The molecule has 0 bridgehead atoms. The van der Waals surface area contributed by atoms with Crippen LogP contribution in [-0.4, -0.2) is 48.0 Å². The van der Waals surface area contributed by atoms with Gasteiger partial charge in [0.15, 0.2) is 5.60 Å². The first kappa shape index (κ1) is 21.8. The van der Waals surface area contributed by atoms with Crippen molar-refractivity contribution in [2.45, 2.75) is 19.4 Å². The predicted octanol–water partition coefficient (Wildman–Crippen LogP) is 3.13. The molecule has 0 aromatic heterocycles. The van der Waals surface area contributed by atoms with Gasteiger partial charge in [0.1, 0.15) is 0 Å². The smallest absolute Gasteiger partial charge is 0.268 e. The molecule has 0 radical (unpaired) electrons. The summed E-state index contributed by atoms with van der Waals surface area (Å²) in [7, 11) is 0. The normalized spacial score (nSPS) is 18.4. The molecule has 8 heteroatoms. The molecule has 1 atom stereocenters. The van der Waals surface area contributed by atoms with Gasteiger partial charge in [0.2, 0.25) is 5.91 Å². The van der Waals surface area contributed by atoms with Gasteiger partial charge >= 0.3 is 0 Å². The highest BCUT2D eigenvalue weighted by Gasteiger charge is 2.53. The third-order valence-electron chi connectivity index (χ3n) is 5.36. The summed E-state index contributed by atoms with van der Waals surface area (Å²) < 4.78 is 0.421. The first-order valence-corrected chi connectivity index (χ1v) is 10.6. The number of halogens is 2. The molecular weight excluding hydrogens is 458 g/mol. The minimum atomic E-state index is -1.97. The van der Waals surface area contributed by atoms with Crippen molar-refractivity contribution in [3.8, 4) is 0 Å². The van der Waals surface area contributed by atoms with Gasteiger partial charge in [-0.05, 0) is 31.3 Å². The van der Waals surface area contributed by atoms with Crippen molar-refractivity contribution >= 4 is 45.0 Å². The molecule has 6 nitrogen and oxygen atoms in total. The number of primary amides is 1. The van der Waals surface area contributed by atoms with Crippen molar-refractivity contribution in [1.29, 1.82) is 0 Å². The van der Waals surface area contributed by atoms with Gasteiger partial charge in [0.25, 0.3) is 5.91 Å². The Morgan fingerprint density at radius 2 is 1.93 bits per heavy atom. The number of hydrogen-bond donors (Lipinski definition) is 2. The maximum atomic E-state index is 13.5. The van der Waals surface area contributed by atoms with E-state index >= 15 is 0 Å². The summed E-state index contributed by atoms with van der Waals surface area (Å²) in [6.45, 7) is 6.75. The third kappa shape index (κ3) is 3.68. The van der Waals surface area contributed by atoms with E-state index in [9.17, 15) is 14.7 Å². The summed E-state index contributed by atoms with van der Waals surface area (Å²) in [5, 5.41) is 12.0. The Hall–Kier alpha value is -1.93. The highest BCUT2D eigenvalue weighted by atomic mass is 79.9. The number of rotatable bonds is 7. The summed E-state index contributed by atoms with van der Waals surface area (Å²) in [4.78, 5) is 29.0. The Kier molecular flexibility index (Phi) is 6.33. The van der Waals surface area contributed by atoms with E-state index in [0.29, 0.717) is 34.4 Å². The van der Waals surface area contributed by atoms with Gasteiger partial charge in [-0.15, -0.1) is 0 Å². The molecular formula is C21H23BrClN3O3. The zero-order chi connectivity index (χ0) is 21.3. The van der Waals surface area contributed by atoms with E-state index in [-0.39, 0.29) is 10.6 Å². The average molecular weight is 481 g/mol. The Labute approximate surface area is 183 Å². The average Bonchev–Trinajstić information content (AvgIpc) is 2.91. The molecule has 0 aliphatic carbocycles. The highest BCUT2D eigenvalue weighted by Crippen LogP contribution is 2.49. The van der Waals surface area contributed by atoms with Crippen LogP contribution in [0.15, 0.2) is 40.9 Å². The predicted molar refractivity (Wildman–Crippen MR) is 117 cm³/mol. The Morgan fingerprint density at radius 1 is 1.28 bits per heavy atom. The number of fused-ring (bicyclic) bond motifs is 1. The van der Waals surface area contributed by atoms with Crippen molar-refractivity contribution in [2.75, 3.05) is 31.1 Å². The molecule has 0 saturated heterocycles. The van der Waals surface area contributed by atoms with Crippen molar-refractivity contribution in [2.24, 2.45) is 5.73 Å². The van der Waals surface area contributed by atoms with Crippen LogP contribution in [0.3, 0.4) is 0 Å². The van der Waals surface area contributed by atoms with Crippen LogP contribution in [0.1, 0.15) is 35.3 Å². The van der Waals surface area contributed by atoms with Gasteiger partial charge in [-0.25, -0.2) is 0 Å². The van der Waals surface area contributed by atoms with E-state index in [0.717, 1.165) is 13.1 Å². The Bertz CT molecular complexity index is 964. The van der Waals surface area contributed by atoms with Crippen LogP contribution in [0.5, 0.6) is 0 Å². The molecule has 1 unspecified atom stereocenters. The first-order valence-electron chi connectivity index (χ1n) is 9.41. The topological polar surface area (TPSA) is 86.9 Å².